The van der Waals surface area contributed by atoms with Gasteiger partial charge in [-0.25, -0.2) is 0 Å². The lowest BCUT2D eigenvalue weighted by molar-refractivity contribution is 0.0837. The van der Waals surface area contributed by atoms with Crippen molar-refractivity contribution in [1.82, 2.24) is 0 Å². The quantitative estimate of drug-likeness (QED) is 0.600. The molecule has 0 aromatic carbocycles. The van der Waals surface area contributed by atoms with E-state index in [4.69, 9.17) is 0 Å². The minimum Gasteiger partial charge on any atom is -0.393 e. The minimum absolute atomic E-state index is 0.375. The SMILES string of the molecule is C=C1/C(=C\C=C2/CCC[C@]34CC=C(/C=C/CC(C)(C)O)[C@H]3CC[C@@H]24)C[C@@H](O)C[C@@H]1O. The first-order valence-corrected chi connectivity index (χ1v) is 11.7. The molecule has 3 N–H and O–H groups in total. The summed E-state index contributed by atoms with van der Waals surface area (Å²) in [6.45, 7) is 7.78. The topological polar surface area (TPSA) is 60.7 Å². The Morgan fingerprint density at radius 2 is 1.97 bits per heavy atom. The zero-order valence-electron chi connectivity index (χ0n) is 18.6. The van der Waals surface area contributed by atoms with E-state index in [0.717, 1.165) is 17.6 Å². The molecule has 0 radical (unpaired) electrons. The first kappa shape index (κ1) is 21.8. The number of rotatable bonds is 4. The van der Waals surface area contributed by atoms with Crippen molar-refractivity contribution in [3.63, 3.8) is 0 Å². The van der Waals surface area contributed by atoms with Crippen molar-refractivity contribution in [1.29, 1.82) is 0 Å². The van der Waals surface area contributed by atoms with Crippen LogP contribution in [0.25, 0.3) is 0 Å². The number of hydrogen-bond donors (Lipinski definition) is 3. The lowest BCUT2D eigenvalue weighted by Crippen LogP contribution is -2.33. The monoisotopic (exact) mass is 410 g/mol. The van der Waals surface area contributed by atoms with Crippen LogP contribution in [0.15, 0.2) is 59.3 Å². The summed E-state index contributed by atoms with van der Waals surface area (Å²) in [5, 5.41) is 30.2. The molecule has 3 nitrogen and oxygen atoms in total. The second kappa shape index (κ2) is 8.26. The molecule has 0 aromatic heterocycles. The van der Waals surface area contributed by atoms with Gasteiger partial charge in [-0.15, -0.1) is 0 Å². The Balaban J connectivity index is 1.51. The summed E-state index contributed by atoms with van der Waals surface area (Å²) in [5.41, 5.74) is 4.53. The van der Waals surface area contributed by atoms with Gasteiger partial charge in [0.25, 0.3) is 0 Å². The van der Waals surface area contributed by atoms with Gasteiger partial charge in [0.15, 0.2) is 0 Å². The number of hydrogen-bond acceptors (Lipinski definition) is 3. The fourth-order valence-corrected chi connectivity index (χ4v) is 6.52. The summed E-state index contributed by atoms with van der Waals surface area (Å²) in [6, 6.07) is 0. The molecule has 4 aliphatic rings. The Hall–Kier alpha value is -1.42. The third-order valence-corrected chi connectivity index (χ3v) is 8.00. The number of allylic oxidation sites excluding steroid dienone is 6. The first-order chi connectivity index (χ1) is 14.2. The number of aliphatic hydroxyl groups excluding tert-OH is 2. The first-order valence-electron chi connectivity index (χ1n) is 11.7. The van der Waals surface area contributed by atoms with Crippen LogP contribution in [0.3, 0.4) is 0 Å². The molecular weight excluding hydrogens is 372 g/mol. The fraction of sp³-hybridized carbons (Fsp3) is 0.630. The van der Waals surface area contributed by atoms with Crippen LogP contribution < -0.4 is 0 Å². The van der Waals surface area contributed by atoms with Crippen molar-refractivity contribution in [2.75, 3.05) is 0 Å². The number of aliphatic hydroxyl groups is 3. The highest BCUT2D eigenvalue weighted by molar-refractivity contribution is 5.40. The highest BCUT2D eigenvalue weighted by Gasteiger charge is 2.54. The van der Waals surface area contributed by atoms with E-state index in [0.29, 0.717) is 36.5 Å². The third kappa shape index (κ3) is 4.17. The second-order valence-electron chi connectivity index (χ2n) is 10.7. The summed E-state index contributed by atoms with van der Waals surface area (Å²) in [4.78, 5) is 0. The third-order valence-electron chi connectivity index (χ3n) is 8.00. The van der Waals surface area contributed by atoms with Gasteiger partial charge in [-0.1, -0.05) is 42.5 Å². The highest BCUT2D eigenvalue weighted by atomic mass is 16.3. The van der Waals surface area contributed by atoms with Gasteiger partial charge in [0, 0.05) is 6.42 Å². The average Bonchev–Trinajstić information content (AvgIpc) is 3.19. The summed E-state index contributed by atoms with van der Waals surface area (Å²) in [5.74, 6) is 1.28. The molecule has 0 unspecified atom stereocenters. The van der Waals surface area contributed by atoms with Gasteiger partial charge >= 0.3 is 0 Å². The Labute approximate surface area is 181 Å². The molecule has 0 amide bonds. The van der Waals surface area contributed by atoms with Crippen LogP contribution in [-0.2, 0) is 0 Å². The molecule has 30 heavy (non-hydrogen) atoms. The van der Waals surface area contributed by atoms with Crippen molar-refractivity contribution in [3.05, 3.63) is 59.3 Å². The Kier molecular flexibility index (Phi) is 6.00. The molecule has 3 fully saturated rings. The van der Waals surface area contributed by atoms with E-state index in [-0.39, 0.29) is 0 Å². The van der Waals surface area contributed by atoms with E-state index >= 15 is 0 Å². The van der Waals surface area contributed by atoms with Crippen molar-refractivity contribution in [3.8, 4) is 0 Å². The molecule has 1 spiro atoms. The maximum absolute atomic E-state index is 10.1. The average molecular weight is 411 g/mol. The van der Waals surface area contributed by atoms with Crippen LogP contribution in [-0.4, -0.2) is 33.1 Å². The molecular formula is C27H38O3. The standard InChI is InChI=1S/C27H38O3/c1-18-21(16-22(28)17-25(18)29)9-8-19-7-5-14-27-15-12-20(6-4-13-26(2,3)30)24(27)11-10-23(19)27/h4,6,8-9,12,22-25,28-30H,1,5,7,10-11,13-17H2,2-3H3/b6-4+,19-8+,21-9-/t22-,23+,24-,25+,27-/m1/s1. The van der Waals surface area contributed by atoms with Gasteiger partial charge in [-0.2, -0.15) is 0 Å². The highest BCUT2D eigenvalue weighted by Crippen LogP contribution is 2.64. The zero-order chi connectivity index (χ0) is 21.5. The van der Waals surface area contributed by atoms with E-state index in [1.54, 1.807) is 5.57 Å². The van der Waals surface area contributed by atoms with Crippen LogP contribution in [0.2, 0.25) is 0 Å². The van der Waals surface area contributed by atoms with Crippen LogP contribution in [0.4, 0.5) is 0 Å². The van der Waals surface area contributed by atoms with Crippen LogP contribution in [0.5, 0.6) is 0 Å². The molecule has 164 valence electrons. The van der Waals surface area contributed by atoms with Gasteiger partial charge in [0.1, 0.15) is 0 Å². The molecule has 4 aliphatic carbocycles. The molecule has 3 heteroatoms. The van der Waals surface area contributed by atoms with E-state index < -0.39 is 17.8 Å². The molecule has 0 heterocycles. The lowest BCUT2D eigenvalue weighted by atomic mass is 9.62. The van der Waals surface area contributed by atoms with Crippen molar-refractivity contribution < 1.29 is 15.3 Å². The van der Waals surface area contributed by atoms with Crippen molar-refractivity contribution >= 4 is 0 Å². The normalized spacial score (nSPS) is 39.6. The van der Waals surface area contributed by atoms with Gasteiger partial charge in [0.2, 0.25) is 0 Å². The Morgan fingerprint density at radius 1 is 1.20 bits per heavy atom. The summed E-state index contributed by atoms with van der Waals surface area (Å²) in [6.07, 6.45) is 19.3. The molecule has 0 aliphatic heterocycles. The van der Waals surface area contributed by atoms with Crippen LogP contribution in [0, 0.1) is 17.3 Å². The van der Waals surface area contributed by atoms with Gasteiger partial charge in [-0.3, -0.25) is 0 Å². The molecule has 3 saturated carbocycles. The molecule has 4 rings (SSSR count). The van der Waals surface area contributed by atoms with E-state index in [1.165, 1.54) is 37.7 Å². The van der Waals surface area contributed by atoms with Gasteiger partial charge < -0.3 is 15.3 Å². The predicted molar refractivity (Wildman–Crippen MR) is 122 cm³/mol. The van der Waals surface area contributed by atoms with Crippen LogP contribution in [0.1, 0.15) is 71.6 Å². The van der Waals surface area contributed by atoms with Gasteiger partial charge in [0.05, 0.1) is 17.8 Å². The second-order valence-corrected chi connectivity index (χ2v) is 10.7. The smallest absolute Gasteiger partial charge is 0.0811 e. The maximum atomic E-state index is 10.1. The van der Waals surface area contributed by atoms with Crippen molar-refractivity contribution in [2.45, 2.75) is 89.4 Å². The summed E-state index contributed by atoms with van der Waals surface area (Å²) in [7, 11) is 0. The summed E-state index contributed by atoms with van der Waals surface area (Å²) >= 11 is 0. The fourth-order valence-electron chi connectivity index (χ4n) is 6.52. The largest absolute Gasteiger partial charge is 0.393 e. The van der Waals surface area contributed by atoms with E-state index in [2.05, 4.69) is 37.0 Å². The van der Waals surface area contributed by atoms with Gasteiger partial charge in [-0.05, 0) is 99.2 Å². The zero-order valence-corrected chi connectivity index (χ0v) is 18.6. The lowest BCUT2D eigenvalue weighted by Gasteiger charge is -2.42. The predicted octanol–water partition coefficient (Wildman–Crippen LogP) is 5.15. The van der Waals surface area contributed by atoms with E-state index in [1.807, 2.05) is 13.8 Å². The molecule has 0 aromatic rings. The maximum Gasteiger partial charge on any atom is 0.0811 e. The Bertz CT molecular complexity index is 806. The Morgan fingerprint density at radius 3 is 2.73 bits per heavy atom. The molecule has 0 bridgehead atoms. The van der Waals surface area contributed by atoms with Crippen LogP contribution >= 0.6 is 0 Å². The minimum atomic E-state index is -0.649. The summed E-state index contributed by atoms with van der Waals surface area (Å²) < 4.78 is 0. The van der Waals surface area contributed by atoms with Crippen molar-refractivity contribution in [2.24, 2.45) is 17.3 Å². The van der Waals surface area contributed by atoms with E-state index in [9.17, 15) is 15.3 Å². The molecule has 5 atom stereocenters. The molecule has 0 saturated heterocycles.